The van der Waals surface area contributed by atoms with Crippen LogP contribution in [0.5, 0.6) is 0 Å². The van der Waals surface area contributed by atoms with Crippen LogP contribution in [0.3, 0.4) is 0 Å². The van der Waals surface area contributed by atoms with E-state index in [9.17, 15) is 15.4 Å². The maximum absolute atomic E-state index is 10.9. The molecule has 1 aromatic heterocycles. The van der Waals surface area contributed by atoms with E-state index in [0.717, 1.165) is 0 Å². The molecule has 0 fully saturated rings. The number of thioether (sulfide) groups is 1. The first kappa shape index (κ1) is 14.7. The van der Waals surface area contributed by atoms with Crippen LogP contribution < -0.4 is 0 Å². The molecule has 0 bridgehead atoms. The van der Waals surface area contributed by atoms with E-state index < -0.39 is 4.92 Å². The van der Waals surface area contributed by atoms with Gasteiger partial charge >= 0.3 is 0 Å². The quantitative estimate of drug-likeness (QED) is 0.372. The molecule has 0 saturated heterocycles. The van der Waals surface area contributed by atoms with Gasteiger partial charge in [0.25, 0.3) is 5.69 Å². The van der Waals surface area contributed by atoms with Crippen molar-refractivity contribution in [3.63, 3.8) is 0 Å². The van der Waals surface area contributed by atoms with Gasteiger partial charge in [0.2, 0.25) is 0 Å². The molecule has 21 heavy (non-hydrogen) atoms. The fourth-order valence-electron chi connectivity index (χ4n) is 1.78. The van der Waals surface area contributed by atoms with Gasteiger partial charge in [-0.15, -0.1) is 0 Å². The predicted molar refractivity (Wildman–Crippen MR) is 80.7 cm³/mol. The molecule has 104 valence electrons. The van der Waals surface area contributed by atoms with Crippen molar-refractivity contribution in [2.75, 3.05) is 6.26 Å². The first-order valence-electron chi connectivity index (χ1n) is 5.84. The Kier molecular flexibility index (Phi) is 4.30. The van der Waals surface area contributed by atoms with Crippen LogP contribution in [0.2, 0.25) is 0 Å². The summed E-state index contributed by atoms with van der Waals surface area (Å²) in [5.74, 6) is 0. The van der Waals surface area contributed by atoms with Gasteiger partial charge in [-0.25, -0.2) is 9.97 Å². The molecule has 0 aliphatic carbocycles. The van der Waals surface area contributed by atoms with Crippen molar-refractivity contribution in [1.29, 1.82) is 5.26 Å². The lowest BCUT2D eigenvalue weighted by Crippen LogP contribution is -1.99. The van der Waals surface area contributed by atoms with Crippen LogP contribution in [0.25, 0.3) is 17.3 Å². The Labute approximate surface area is 125 Å². The number of rotatable bonds is 4. The van der Waals surface area contributed by atoms with Crippen LogP contribution >= 0.6 is 11.8 Å². The average Bonchev–Trinajstić information content (AvgIpc) is 2.53. The van der Waals surface area contributed by atoms with Crippen molar-refractivity contribution >= 4 is 23.5 Å². The predicted octanol–water partition coefficient (Wildman–Crippen LogP) is 3.29. The molecule has 1 aromatic carbocycles. The molecule has 1 heterocycles. The standard InChI is InChI=1S/C14H10N4O2S/c1-3-12-11(8-15)13(17-14(16-12)21-2)9-5-4-6-10(7-9)18(19)20/h3-7H,1H2,2H3. The molecule has 7 heteroatoms. The number of aromatic nitrogens is 2. The number of hydrogen-bond donors (Lipinski definition) is 0. The van der Waals surface area contributed by atoms with Gasteiger partial charge in [0, 0.05) is 17.7 Å². The monoisotopic (exact) mass is 298 g/mol. The zero-order valence-corrected chi connectivity index (χ0v) is 11.9. The molecule has 0 aliphatic rings. The minimum atomic E-state index is -0.485. The molecule has 0 atom stereocenters. The summed E-state index contributed by atoms with van der Waals surface area (Å²) in [5.41, 5.74) is 1.49. The maximum atomic E-state index is 10.9. The lowest BCUT2D eigenvalue weighted by atomic mass is 10.0. The second-order valence-electron chi connectivity index (χ2n) is 3.94. The number of benzene rings is 1. The highest BCUT2D eigenvalue weighted by Gasteiger charge is 2.16. The van der Waals surface area contributed by atoms with Crippen LogP contribution in [0.4, 0.5) is 5.69 Å². The van der Waals surface area contributed by atoms with E-state index in [1.807, 2.05) is 12.3 Å². The normalized spacial score (nSPS) is 9.90. The van der Waals surface area contributed by atoms with Crippen LogP contribution in [-0.4, -0.2) is 21.1 Å². The van der Waals surface area contributed by atoms with Gasteiger partial charge in [-0.05, 0) is 12.3 Å². The summed E-state index contributed by atoms with van der Waals surface area (Å²) < 4.78 is 0. The number of hydrogen-bond acceptors (Lipinski definition) is 6. The highest BCUT2D eigenvalue weighted by atomic mass is 32.2. The molecular weight excluding hydrogens is 288 g/mol. The molecule has 2 rings (SSSR count). The molecule has 6 nitrogen and oxygen atoms in total. The molecule has 0 saturated carbocycles. The van der Waals surface area contributed by atoms with E-state index in [-0.39, 0.29) is 11.3 Å². The molecular formula is C14H10N4O2S. The number of non-ortho nitro benzene ring substituents is 1. The Hall–Kier alpha value is -2.72. The second-order valence-corrected chi connectivity index (χ2v) is 4.72. The summed E-state index contributed by atoms with van der Waals surface area (Å²) in [6.45, 7) is 3.64. The van der Waals surface area contributed by atoms with E-state index in [1.165, 1.54) is 30.0 Å². The van der Waals surface area contributed by atoms with Crippen LogP contribution in [-0.2, 0) is 0 Å². The molecule has 0 spiro atoms. The summed E-state index contributed by atoms with van der Waals surface area (Å²) >= 11 is 1.32. The van der Waals surface area contributed by atoms with E-state index in [0.29, 0.717) is 22.1 Å². The second kappa shape index (κ2) is 6.15. The van der Waals surface area contributed by atoms with Crippen LogP contribution in [0, 0.1) is 21.4 Å². The van der Waals surface area contributed by atoms with Gasteiger partial charge in [0.1, 0.15) is 11.6 Å². The molecule has 0 amide bonds. The zero-order chi connectivity index (χ0) is 15.4. The fourth-order valence-corrected chi connectivity index (χ4v) is 2.15. The number of nitro benzene ring substituents is 1. The number of nitro groups is 1. The van der Waals surface area contributed by atoms with Gasteiger partial charge in [-0.2, -0.15) is 5.26 Å². The third-order valence-electron chi connectivity index (χ3n) is 2.73. The zero-order valence-electron chi connectivity index (χ0n) is 11.1. The largest absolute Gasteiger partial charge is 0.270 e. The third-order valence-corrected chi connectivity index (χ3v) is 3.28. The molecule has 0 N–H and O–H groups in total. The SMILES string of the molecule is C=Cc1nc(SC)nc(-c2cccc([N+](=O)[O-])c2)c1C#N. The van der Waals surface area contributed by atoms with Crippen LogP contribution in [0.15, 0.2) is 36.0 Å². The molecule has 0 radical (unpaired) electrons. The van der Waals surface area contributed by atoms with Crippen molar-refractivity contribution in [2.45, 2.75) is 5.16 Å². The highest BCUT2D eigenvalue weighted by Crippen LogP contribution is 2.28. The van der Waals surface area contributed by atoms with Crippen LogP contribution in [0.1, 0.15) is 11.3 Å². The minimum Gasteiger partial charge on any atom is -0.258 e. The smallest absolute Gasteiger partial charge is 0.258 e. The molecule has 0 aliphatic heterocycles. The van der Waals surface area contributed by atoms with Crippen molar-refractivity contribution in [2.24, 2.45) is 0 Å². The fraction of sp³-hybridized carbons (Fsp3) is 0.0714. The minimum absolute atomic E-state index is 0.0548. The Morgan fingerprint density at radius 3 is 2.81 bits per heavy atom. The van der Waals surface area contributed by atoms with Gasteiger partial charge in [-0.3, -0.25) is 10.1 Å². The van der Waals surface area contributed by atoms with Crippen molar-refractivity contribution in [3.05, 3.63) is 52.2 Å². The first-order chi connectivity index (χ1) is 10.1. The Morgan fingerprint density at radius 1 is 1.48 bits per heavy atom. The van der Waals surface area contributed by atoms with E-state index in [1.54, 1.807) is 12.1 Å². The molecule has 0 unspecified atom stereocenters. The summed E-state index contributed by atoms with van der Waals surface area (Å²) in [6, 6.07) is 8.05. The lowest BCUT2D eigenvalue weighted by molar-refractivity contribution is -0.384. The highest BCUT2D eigenvalue weighted by molar-refractivity contribution is 7.98. The summed E-state index contributed by atoms with van der Waals surface area (Å²) in [6.07, 6.45) is 3.28. The average molecular weight is 298 g/mol. The van der Waals surface area contributed by atoms with Gasteiger partial charge in [-0.1, -0.05) is 30.5 Å². The van der Waals surface area contributed by atoms with Crippen molar-refractivity contribution < 1.29 is 4.92 Å². The van der Waals surface area contributed by atoms with Crippen molar-refractivity contribution in [1.82, 2.24) is 9.97 Å². The number of nitrogens with zero attached hydrogens (tertiary/aromatic N) is 4. The van der Waals surface area contributed by atoms with Gasteiger partial charge in [0.15, 0.2) is 5.16 Å². The molecule has 2 aromatic rings. The topological polar surface area (TPSA) is 92.7 Å². The van der Waals surface area contributed by atoms with Gasteiger partial charge < -0.3 is 0 Å². The van der Waals surface area contributed by atoms with E-state index in [2.05, 4.69) is 16.5 Å². The Morgan fingerprint density at radius 2 is 2.24 bits per heavy atom. The van der Waals surface area contributed by atoms with Crippen molar-refractivity contribution in [3.8, 4) is 17.3 Å². The van der Waals surface area contributed by atoms with E-state index in [4.69, 9.17) is 0 Å². The van der Waals surface area contributed by atoms with E-state index >= 15 is 0 Å². The Balaban J connectivity index is 2.73. The third kappa shape index (κ3) is 2.90. The Bertz CT molecular complexity index is 768. The van der Waals surface area contributed by atoms with Gasteiger partial charge in [0.05, 0.1) is 16.3 Å². The summed E-state index contributed by atoms with van der Waals surface area (Å²) in [4.78, 5) is 18.9. The maximum Gasteiger partial charge on any atom is 0.270 e. The first-order valence-corrected chi connectivity index (χ1v) is 7.06. The number of nitriles is 1. The lowest BCUT2D eigenvalue weighted by Gasteiger charge is -2.08. The summed E-state index contributed by atoms with van der Waals surface area (Å²) in [7, 11) is 0. The summed E-state index contributed by atoms with van der Waals surface area (Å²) in [5, 5.41) is 20.7.